The molecule has 6 rings (SSSR count). The van der Waals surface area contributed by atoms with Gasteiger partial charge in [0, 0.05) is 17.8 Å². The predicted octanol–water partition coefficient (Wildman–Crippen LogP) is 8.15. The Morgan fingerprint density at radius 2 is 1.72 bits per heavy atom. The van der Waals surface area contributed by atoms with Gasteiger partial charge in [0.2, 0.25) is 0 Å². The minimum absolute atomic E-state index is 0.307. The third kappa shape index (κ3) is 4.70. The number of anilines is 1. The van der Waals surface area contributed by atoms with Gasteiger partial charge in [-0.15, -0.1) is 0 Å². The number of benzene rings is 4. The van der Waals surface area contributed by atoms with E-state index in [0.717, 1.165) is 29.0 Å². The SMILES string of the molecule is Cc1ccc2c(c1)[C@@H]1C=CC[C@H]1[C@@H](c1ccc(N=Cc3ccc(OCc4ccccc4)cc3)cc1)N2. The predicted molar refractivity (Wildman–Crippen MR) is 148 cm³/mol. The van der Waals surface area contributed by atoms with Crippen molar-refractivity contribution in [1.29, 1.82) is 0 Å². The molecule has 0 spiro atoms. The van der Waals surface area contributed by atoms with Crippen LogP contribution in [0.1, 0.15) is 46.2 Å². The third-order valence-electron chi connectivity index (χ3n) is 7.26. The van der Waals surface area contributed by atoms with Crippen LogP contribution in [0, 0.1) is 12.8 Å². The van der Waals surface area contributed by atoms with Crippen LogP contribution in [0.4, 0.5) is 11.4 Å². The quantitative estimate of drug-likeness (QED) is 0.228. The van der Waals surface area contributed by atoms with E-state index in [9.17, 15) is 0 Å². The second-order valence-corrected chi connectivity index (χ2v) is 9.76. The zero-order valence-corrected chi connectivity index (χ0v) is 20.5. The Kier molecular flexibility index (Phi) is 6.13. The van der Waals surface area contributed by atoms with Gasteiger partial charge in [-0.25, -0.2) is 0 Å². The van der Waals surface area contributed by atoms with E-state index in [4.69, 9.17) is 9.73 Å². The van der Waals surface area contributed by atoms with E-state index in [1.807, 2.05) is 48.7 Å². The first-order valence-electron chi connectivity index (χ1n) is 12.7. The highest BCUT2D eigenvalue weighted by molar-refractivity contribution is 5.82. The molecule has 1 heterocycles. The Morgan fingerprint density at radius 3 is 2.53 bits per heavy atom. The number of rotatable bonds is 6. The topological polar surface area (TPSA) is 33.6 Å². The summed E-state index contributed by atoms with van der Waals surface area (Å²) in [4.78, 5) is 4.70. The molecule has 0 aromatic heterocycles. The van der Waals surface area contributed by atoms with Gasteiger partial charge in [0.05, 0.1) is 11.7 Å². The third-order valence-corrected chi connectivity index (χ3v) is 7.26. The van der Waals surface area contributed by atoms with E-state index in [1.54, 1.807) is 0 Å². The van der Waals surface area contributed by atoms with Crippen LogP contribution in [-0.4, -0.2) is 6.21 Å². The number of fused-ring (bicyclic) bond motifs is 3. The molecule has 3 nitrogen and oxygen atoms in total. The Balaban J connectivity index is 1.11. The highest BCUT2D eigenvalue weighted by Gasteiger charge is 2.37. The van der Waals surface area contributed by atoms with Crippen molar-refractivity contribution in [1.82, 2.24) is 0 Å². The van der Waals surface area contributed by atoms with Crippen molar-refractivity contribution in [2.75, 3.05) is 5.32 Å². The van der Waals surface area contributed by atoms with E-state index >= 15 is 0 Å². The zero-order valence-electron chi connectivity index (χ0n) is 20.5. The maximum absolute atomic E-state index is 5.88. The molecule has 36 heavy (non-hydrogen) atoms. The van der Waals surface area contributed by atoms with E-state index in [1.165, 1.54) is 22.4 Å². The minimum atomic E-state index is 0.307. The van der Waals surface area contributed by atoms with Crippen LogP contribution in [-0.2, 0) is 6.61 Å². The van der Waals surface area contributed by atoms with Gasteiger partial charge in [0.15, 0.2) is 0 Å². The van der Waals surface area contributed by atoms with Gasteiger partial charge in [0.1, 0.15) is 12.4 Å². The minimum Gasteiger partial charge on any atom is -0.489 e. The average molecular weight is 471 g/mol. The molecule has 1 aliphatic carbocycles. The van der Waals surface area contributed by atoms with Crippen molar-refractivity contribution < 1.29 is 4.74 Å². The van der Waals surface area contributed by atoms with E-state index in [-0.39, 0.29) is 0 Å². The van der Waals surface area contributed by atoms with Crippen LogP contribution in [0.2, 0.25) is 0 Å². The van der Waals surface area contributed by atoms with Crippen molar-refractivity contribution in [2.45, 2.75) is 31.9 Å². The molecule has 0 bridgehead atoms. The van der Waals surface area contributed by atoms with Crippen molar-refractivity contribution >= 4 is 17.6 Å². The molecule has 0 saturated carbocycles. The highest BCUT2D eigenvalue weighted by Crippen LogP contribution is 2.50. The largest absolute Gasteiger partial charge is 0.489 e. The molecule has 0 amide bonds. The number of nitrogens with one attached hydrogen (secondary N) is 1. The van der Waals surface area contributed by atoms with Gasteiger partial charge in [-0.1, -0.05) is 72.3 Å². The second kappa shape index (κ2) is 9.87. The summed E-state index contributed by atoms with van der Waals surface area (Å²) in [5, 5.41) is 3.82. The summed E-state index contributed by atoms with van der Waals surface area (Å²) in [6.07, 6.45) is 7.76. The Bertz CT molecular complexity index is 1390. The molecule has 3 heteroatoms. The van der Waals surface area contributed by atoms with Crippen LogP contribution in [0.5, 0.6) is 5.75 Å². The standard InChI is InChI=1S/C33H30N2O/c1-23-10-19-32-31(20-23)29-8-5-9-30(29)33(35-32)26-13-15-27(16-14-26)34-21-24-11-17-28(18-12-24)36-22-25-6-3-2-4-7-25/h2-8,10-21,29-30,33,35H,9,22H2,1H3/t29-,30-,33-/m1/s1. The number of allylic oxidation sites excluding steroid dienone is 2. The number of aliphatic imine (C=N–C) groups is 1. The lowest BCUT2D eigenvalue weighted by atomic mass is 9.76. The number of aryl methyl sites for hydroxylation is 1. The summed E-state index contributed by atoms with van der Waals surface area (Å²) in [7, 11) is 0. The van der Waals surface area contributed by atoms with Crippen LogP contribution >= 0.6 is 0 Å². The summed E-state index contributed by atoms with van der Waals surface area (Å²) in [6, 6.07) is 34.0. The molecule has 1 aliphatic heterocycles. The van der Waals surface area contributed by atoms with E-state index in [2.05, 4.69) is 79.0 Å². The first-order chi connectivity index (χ1) is 17.7. The summed E-state index contributed by atoms with van der Waals surface area (Å²) >= 11 is 0. The number of ether oxygens (including phenoxy) is 1. The molecule has 1 N–H and O–H groups in total. The lowest BCUT2D eigenvalue weighted by molar-refractivity contribution is 0.306. The highest BCUT2D eigenvalue weighted by atomic mass is 16.5. The fourth-order valence-corrected chi connectivity index (χ4v) is 5.35. The van der Waals surface area contributed by atoms with Crippen LogP contribution in [0.3, 0.4) is 0 Å². The Morgan fingerprint density at radius 1 is 0.917 bits per heavy atom. The molecule has 2 aliphatic rings. The molecule has 4 aromatic rings. The molecular formula is C33H30N2O. The van der Waals surface area contributed by atoms with E-state index < -0.39 is 0 Å². The van der Waals surface area contributed by atoms with Gasteiger partial charge in [-0.05, 0) is 84.0 Å². The maximum Gasteiger partial charge on any atom is 0.119 e. The summed E-state index contributed by atoms with van der Waals surface area (Å²) < 4.78 is 5.88. The second-order valence-electron chi connectivity index (χ2n) is 9.76. The fraction of sp³-hybridized carbons (Fsp3) is 0.182. The molecule has 4 aromatic carbocycles. The Labute approximate surface area is 213 Å². The maximum atomic E-state index is 5.88. The number of hydrogen-bond acceptors (Lipinski definition) is 3. The van der Waals surface area contributed by atoms with Gasteiger partial charge >= 0.3 is 0 Å². The van der Waals surface area contributed by atoms with Crippen molar-refractivity contribution in [2.24, 2.45) is 10.9 Å². The van der Waals surface area contributed by atoms with Crippen LogP contribution in [0.25, 0.3) is 0 Å². The van der Waals surface area contributed by atoms with Gasteiger partial charge in [0.25, 0.3) is 0 Å². The van der Waals surface area contributed by atoms with Crippen LogP contribution < -0.4 is 10.1 Å². The lowest BCUT2D eigenvalue weighted by Gasteiger charge is -2.37. The smallest absolute Gasteiger partial charge is 0.119 e. The first-order valence-corrected chi connectivity index (χ1v) is 12.7. The molecule has 0 radical (unpaired) electrons. The molecule has 3 atom stereocenters. The van der Waals surface area contributed by atoms with Gasteiger partial charge in [-0.3, -0.25) is 4.99 Å². The first kappa shape index (κ1) is 22.4. The van der Waals surface area contributed by atoms with Crippen molar-refractivity contribution in [3.8, 4) is 5.75 Å². The van der Waals surface area contributed by atoms with E-state index in [0.29, 0.717) is 24.5 Å². The molecule has 0 fully saturated rings. The number of nitrogens with zero attached hydrogens (tertiary/aromatic N) is 1. The fourth-order valence-electron chi connectivity index (χ4n) is 5.35. The average Bonchev–Trinajstić information content (AvgIpc) is 3.43. The molecular weight excluding hydrogens is 440 g/mol. The summed E-state index contributed by atoms with van der Waals surface area (Å²) in [6.45, 7) is 2.74. The molecule has 0 unspecified atom stereocenters. The van der Waals surface area contributed by atoms with Crippen molar-refractivity contribution in [3.63, 3.8) is 0 Å². The van der Waals surface area contributed by atoms with Crippen LogP contribution in [0.15, 0.2) is 114 Å². The molecule has 178 valence electrons. The number of hydrogen-bond donors (Lipinski definition) is 1. The zero-order chi connectivity index (χ0) is 24.3. The van der Waals surface area contributed by atoms with Gasteiger partial charge < -0.3 is 10.1 Å². The molecule has 0 saturated heterocycles. The van der Waals surface area contributed by atoms with Gasteiger partial charge in [-0.2, -0.15) is 0 Å². The lowest BCUT2D eigenvalue weighted by Crippen LogP contribution is -2.29. The Hall–Kier alpha value is -4.11. The summed E-state index contributed by atoms with van der Waals surface area (Å²) in [5.41, 5.74) is 8.50. The monoisotopic (exact) mass is 470 g/mol. The normalized spacial score (nSPS) is 20.1. The summed E-state index contributed by atoms with van der Waals surface area (Å²) in [5.74, 6) is 1.90. The van der Waals surface area contributed by atoms with Crippen molar-refractivity contribution in [3.05, 3.63) is 137 Å².